The molecular formula is C11H12ClNS. The molecule has 1 nitrogen and oxygen atoms in total. The number of nitriles is 1. The summed E-state index contributed by atoms with van der Waals surface area (Å²) in [4.78, 5) is 1.11. The van der Waals surface area contributed by atoms with Gasteiger partial charge in [0, 0.05) is 9.92 Å². The Morgan fingerprint density at radius 2 is 2.29 bits per heavy atom. The van der Waals surface area contributed by atoms with Crippen LogP contribution in [0.1, 0.15) is 18.9 Å². The summed E-state index contributed by atoms with van der Waals surface area (Å²) in [5, 5.41) is 9.63. The average molecular weight is 226 g/mol. The van der Waals surface area contributed by atoms with Crippen LogP contribution < -0.4 is 0 Å². The maximum atomic E-state index is 8.81. The van der Waals surface area contributed by atoms with Crippen molar-refractivity contribution in [3.8, 4) is 6.07 Å². The molecule has 1 aromatic rings. The van der Waals surface area contributed by atoms with Gasteiger partial charge in [0.05, 0.1) is 11.3 Å². The van der Waals surface area contributed by atoms with E-state index >= 15 is 0 Å². The first-order valence-corrected chi connectivity index (χ1v) is 5.75. The molecule has 0 saturated carbocycles. The quantitative estimate of drug-likeness (QED) is 0.725. The van der Waals surface area contributed by atoms with Crippen LogP contribution in [0.2, 0.25) is 5.02 Å². The van der Waals surface area contributed by atoms with Gasteiger partial charge < -0.3 is 0 Å². The lowest BCUT2D eigenvalue weighted by Gasteiger charge is -2.06. The van der Waals surface area contributed by atoms with Crippen LogP contribution in [0.25, 0.3) is 0 Å². The SMILES string of the molecule is CCC(C#N)Sc1ccc(Cl)c(C)c1. The van der Waals surface area contributed by atoms with E-state index in [0.29, 0.717) is 0 Å². The second-order valence-corrected chi connectivity index (χ2v) is 4.74. The number of hydrogen-bond donors (Lipinski definition) is 0. The van der Waals surface area contributed by atoms with Crippen molar-refractivity contribution in [1.29, 1.82) is 5.26 Å². The molecule has 74 valence electrons. The monoisotopic (exact) mass is 225 g/mol. The fraction of sp³-hybridized carbons (Fsp3) is 0.364. The minimum absolute atomic E-state index is 0.0376. The zero-order chi connectivity index (χ0) is 10.6. The Labute approximate surface area is 94.1 Å². The Bertz CT molecular complexity index is 357. The van der Waals surface area contributed by atoms with Crippen LogP contribution in [0.15, 0.2) is 23.1 Å². The zero-order valence-electron chi connectivity index (χ0n) is 8.25. The molecule has 1 aromatic carbocycles. The van der Waals surface area contributed by atoms with E-state index in [9.17, 15) is 0 Å². The first kappa shape index (κ1) is 11.4. The van der Waals surface area contributed by atoms with Crippen LogP contribution >= 0.6 is 23.4 Å². The number of nitrogens with zero attached hydrogens (tertiary/aromatic N) is 1. The van der Waals surface area contributed by atoms with Gasteiger partial charge in [0.15, 0.2) is 0 Å². The molecule has 0 aliphatic heterocycles. The molecule has 0 N–H and O–H groups in total. The summed E-state index contributed by atoms with van der Waals surface area (Å²) in [5.41, 5.74) is 1.06. The molecule has 3 heteroatoms. The highest BCUT2D eigenvalue weighted by Gasteiger charge is 2.07. The molecular weight excluding hydrogens is 214 g/mol. The third kappa shape index (κ3) is 2.94. The van der Waals surface area contributed by atoms with Crippen LogP contribution in [0.5, 0.6) is 0 Å². The molecule has 0 aliphatic carbocycles. The van der Waals surface area contributed by atoms with Gasteiger partial charge in [-0.15, -0.1) is 11.8 Å². The fourth-order valence-corrected chi connectivity index (χ4v) is 2.11. The predicted molar refractivity (Wildman–Crippen MR) is 61.7 cm³/mol. The Balaban J connectivity index is 2.78. The van der Waals surface area contributed by atoms with Gasteiger partial charge in [-0.05, 0) is 37.1 Å². The lowest BCUT2D eigenvalue weighted by Crippen LogP contribution is -1.95. The first-order chi connectivity index (χ1) is 6.67. The van der Waals surface area contributed by atoms with E-state index in [4.69, 9.17) is 16.9 Å². The molecule has 0 aliphatic rings. The number of hydrogen-bond acceptors (Lipinski definition) is 2. The van der Waals surface area contributed by atoms with Gasteiger partial charge >= 0.3 is 0 Å². The molecule has 1 rings (SSSR count). The van der Waals surface area contributed by atoms with Crippen LogP contribution in [0.4, 0.5) is 0 Å². The zero-order valence-corrected chi connectivity index (χ0v) is 9.82. The van der Waals surface area contributed by atoms with Gasteiger partial charge in [-0.3, -0.25) is 0 Å². The van der Waals surface area contributed by atoms with E-state index in [0.717, 1.165) is 21.9 Å². The Morgan fingerprint density at radius 3 is 2.79 bits per heavy atom. The summed E-state index contributed by atoms with van der Waals surface area (Å²) in [7, 11) is 0. The number of thioether (sulfide) groups is 1. The Kier molecular flexibility index (Phi) is 4.31. The highest BCUT2D eigenvalue weighted by Crippen LogP contribution is 2.28. The third-order valence-electron chi connectivity index (χ3n) is 1.92. The average Bonchev–Trinajstić information content (AvgIpc) is 2.19. The summed E-state index contributed by atoms with van der Waals surface area (Å²) in [6, 6.07) is 8.12. The van der Waals surface area contributed by atoms with Gasteiger partial charge in [0.2, 0.25) is 0 Å². The van der Waals surface area contributed by atoms with Crippen molar-refractivity contribution in [1.82, 2.24) is 0 Å². The number of benzene rings is 1. The summed E-state index contributed by atoms with van der Waals surface area (Å²) in [6.07, 6.45) is 0.864. The number of rotatable bonds is 3. The third-order valence-corrected chi connectivity index (χ3v) is 3.60. The van der Waals surface area contributed by atoms with E-state index in [2.05, 4.69) is 6.07 Å². The van der Waals surface area contributed by atoms with Crippen molar-refractivity contribution in [3.05, 3.63) is 28.8 Å². The molecule has 14 heavy (non-hydrogen) atoms. The van der Waals surface area contributed by atoms with Gasteiger partial charge in [-0.2, -0.15) is 5.26 Å². The minimum Gasteiger partial charge on any atom is -0.197 e. The Morgan fingerprint density at radius 1 is 1.57 bits per heavy atom. The summed E-state index contributed by atoms with van der Waals surface area (Å²) in [5.74, 6) is 0. The minimum atomic E-state index is 0.0376. The van der Waals surface area contributed by atoms with E-state index in [1.807, 2.05) is 32.0 Å². The second-order valence-electron chi connectivity index (χ2n) is 3.05. The van der Waals surface area contributed by atoms with Crippen LogP contribution in [0, 0.1) is 18.3 Å². The number of halogens is 1. The molecule has 0 spiro atoms. The van der Waals surface area contributed by atoms with E-state index in [-0.39, 0.29) is 5.25 Å². The number of aryl methyl sites for hydroxylation is 1. The molecule has 0 fully saturated rings. The highest BCUT2D eigenvalue weighted by molar-refractivity contribution is 8.00. The maximum Gasteiger partial charge on any atom is 0.0961 e. The lowest BCUT2D eigenvalue weighted by molar-refractivity contribution is 0.985. The molecule has 0 amide bonds. The lowest BCUT2D eigenvalue weighted by atomic mass is 10.2. The van der Waals surface area contributed by atoms with E-state index in [1.165, 1.54) is 0 Å². The van der Waals surface area contributed by atoms with Crippen LogP contribution in [-0.4, -0.2) is 5.25 Å². The van der Waals surface area contributed by atoms with Crippen molar-refractivity contribution in [2.24, 2.45) is 0 Å². The van der Waals surface area contributed by atoms with Crippen LogP contribution in [0.3, 0.4) is 0 Å². The topological polar surface area (TPSA) is 23.8 Å². The van der Waals surface area contributed by atoms with Gasteiger partial charge in [-0.1, -0.05) is 18.5 Å². The summed E-state index contributed by atoms with van der Waals surface area (Å²) < 4.78 is 0. The highest BCUT2D eigenvalue weighted by atomic mass is 35.5. The second kappa shape index (κ2) is 5.29. The Hall–Kier alpha value is -0.650. The van der Waals surface area contributed by atoms with Crippen molar-refractivity contribution in [2.75, 3.05) is 0 Å². The van der Waals surface area contributed by atoms with E-state index in [1.54, 1.807) is 11.8 Å². The van der Waals surface area contributed by atoms with Crippen molar-refractivity contribution >= 4 is 23.4 Å². The summed E-state index contributed by atoms with van der Waals surface area (Å²) >= 11 is 7.50. The van der Waals surface area contributed by atoms with Crippen LogP contribution in [-0.2, 0) is 0 Å². The molecule has 0 aromatic heterocycles. The van der Waals surface area contributed by atoms with Gasteiger partial charge in [-0.25, -0.2) is 0 Å². The predicted octanol–water partition coefficient (Wildman–Crippen LogP) is 4.04. The normalized spacial score (nSPS) is 12.1. The molecule has 0 bridgehead atoms. The standard InChI is InChI=1S/C11H12ClNS/c1-3-9(7-13)14-10-4-5-11(12)8(2)6-10/h4-6,9H,3H2,1-2H3. The largest absolute Gasteiger partial charge is 0.197 e. The van der Waals surface area contributed by atoms with Crippen molar-refractivity contribution < 1.29 is 0 Å². The fourth-order valence-electron chi connectivity index (χ4n) is 1.06. The smallest absolute Gasteiger partial charge is 0.0961 e. The molecule has 0 radical (unpaired) electrons. The molecule has 0 saturated heterocycles. The van der Waals surface area contributed by atoms with Crippen molar-refractivity contribution in [3.63, 3.8) is 0 Å². The van der Waals surface area contributed by atoms with Gasteiger partial charge in [0.25, 0.3) is 0 Å². The van der Waals surface area contributed by atoms with Gasteiger partial charge in [0.1, 0.15) is 0 Å². The molecule has 0 heterocycles. The van der Waals surface area contributed by atoms with Crippen molar-refractivity contribution in [2.45, 2.75) is 30.4 Å². The molecule has 1 atom stereocenters. The molecule has 1 unspecified atom stereocenters. The maximum absolute atomic E-state index is 8.81. The van der Waals surface area contributed by atoms with E-state index < -0.39 is 0 Å². The first-order valence-electron chi connectivity index (χ1n) is 4.49. The summed E-state index contributed by atoms with van der Waals surface area (Å²) in [6.45, 7) is 3.99.